The molecule has 8 nitrogen and oxygen atoms in total. The van der Waals surface area contributed by atoms with Gasteiger partial charge in [-0.15, -0.1) is 0 Å². The van der Waals surface area contributed by atoms with E-state index >= 15 is 0 Å². The zero-order chi connectivity index (χ0) is 21.4. The summed E-state index contributed by atoms with van der Waals surface area (Å²) in [5.41, 5.74) is 1.06. The Morgan fingerprint density at radius 3 is 2.48 bits per heavy atom. The largest absolute Gasteiger partial charge is 0.382 e. The third-order valence-corrected chi connectivity index (χ3v) is 7.01. The van der Waals surface area contributed by atoms with E-state index in [1.807, 2.05) is 29.9 Å². The Hall–Kier alpha value is -2.42. The molecule has 1 unspecified atom stereocenters. The van der Waals surface area contributed by atoms with E-state index in [2.05, 4.69) is 32.2 Å². The molecule has 0 spiro atoms. The predicted molar refractivity (Wildman–Crippen MR) is 118 cm³/mol. The second kappa shape index (κ2) is 8.26. The van der Waals surface area contributed by atoms with Gasteiger partial charge in [-0.1, -0.05) is 0 Å². The summed E-state index contributed by atoms with van der Waals surface area (Å²) in [5.74, 6) is 0.729. The zero-order valence-corrected chi connectivity index (χ0v) is 18.0. The number of imidazole rings is 1. The van der Waals surface area contributed by atoms with Crippen LogP contribution in [0.15, 0.2) is 36.7 Å². The third kappa shape index (κ3) is 4.07. The fraction of sp³-hybridized carbons (Fsp3) is 0.565. The van der Waals surface area contributed by atoms with E-state index < -0.39 is 5.60 Å². The quantitative estimate of drug-likeness (QED) is 0.759. The van der Waals surface area contributed by atoms with Crippen LogP contribution in [0.25, 0.3) is 0 Å². The van der Waals surface area contributed by atoms with Crippen LogP contribution in [0, 0.1) is 0 Å². The number of ether oxygens (including phenoxy) is 1. The maximum atomic E-state index is 12.8. The van der Waals surface area contributed by atoms with Gasteiger partial charge in [-0.05, 0) is 49.9 Å². The SMILES string of the molecule is Cn1ccnc1C1(O)C[C@H]2CC[C@@H](C1)N2CC(=O)Nc1ccc(N2CCOCC2)cc1. The molecule has 1 aromatic carbocycles. The van der Waals surface area contributed by atoms with Gasteiger partial charge in [0.1, 0.15) is 11.4 Å². The maximum Gasteiger partial charge on any atom is 0.238 e. The van der Waals surface area contributed by atoms with Crippen LogP contribution in [0.5, 0.6) is 0 Å². The van der Waals surface area contributed by atoms with Gasteiger partial charge < -0.3 is 24.6 Å². The number of morpholine rings is 1. The van der Waals surface area contributed by atoms with Gasteiger partial charge >= 0.3 is 0 Å². The number of nitrogens with one attached hydrogen (secondary N) is 1. The third-order valence-electron chi connectivity index (χ3n) is 7.01. The standard InChI is InChI=1S/C23H31N5O3/c1-26-9-8-24-22(26)23(30)14-19-6-7-20(15-23)28(19)16-21(29)25-17-2-4-18(5-3-17)27-10-12-31-13-11-27/h2-5,8-9,19-20,30H,6-7,10-16H2,1H3,(H,25,29)/t19-,20+,23?. The summed E-state index contributed by atoms with van der Waals surface area (Å²) >= 11 is 0. The Bertz CT molecular complexity index is 908. The fourth-order valence-electron chi connectivity index (χ4n) is 5.51. The van der Waals surface area contributed by atoms with Crippen LogP contribution in [0.2, 0.25) is 0 Å². The first-order chi connectivity index (χ1) is 15.0. The highest BCUT2D eigenvalue weighted by Gasteiger charge is 2.50. The van der Waals surface area contributed by atoms with Crippen molar-refractivity contribution in [3.8, 4) is 0 Å². The Morgan fingerprint density at radius 2 is 1.87 bits per heavy atom. The molecule has 2 aromatic rings. The molecule has 0 radical (unpaired) electrons. The number of amides is 1. The number of rotatable bonds is 5. The van der Waals surface area contributed by atoms with Crippen molar-refractivity contribution in [2.24, 2.45) is 7.05 Å². The summed E-state index contributed by atoms with van der Waals surface area (Å²) in [4.78, 5) is 21.7. The normalized spacial score (nSPS) is 28.6. The van der Waals surface area contributed by atoms with Crippen molar-refractivity contribution in [3.05, 3.63) is 42.5 Å². The minimum Gasteiger partial charge on any atom is -0.382 e. The van der Waals surface area contributed by atoms with Crippen LogP contribution >= 0.6 is 0 Å². The minimum atomic E-state index is -0.910. The van der Waals surface area contributed by atoms with Crippen molar-refractivity contribution in [3.63, 3.8) is 0 Å². The highest BCUT2D eigenvalue weighted by Crippen LogP contribution is 2.45. The lowest BCUT2D eigenvalue weighted by atomic mass is 9.85. The molecule has 1 aromatic heterocycles. The minimum absolute atomic E-state index is 0.00143. The van der Waals surface area contributed by atoms with Gasteiger partial charge in [0.05, 0.1) is 19.8 Å². The van der Waals surface area contributed by atoms with E-state index in [1.54, 1.807) is 6.20 Å². The van der Waals surface area contributed by atoms with E-state index in [0.29, 0.717) is 19.4 Å². The van der Waals surface area contributed by atoms with Gasteiger partial charge in [0, 0.05) is 56.0 Å². The van der Waals surface area contributed by atoms with Gasteiger partial charge in [0.25, 0.3) is 0 Å². The molecule has 166 valence electrons. The number of hydrogen-bond donors (Lipinski definition) is 2. The number of aryl methyl sites for hydroxylation is 1. The molecule has 4 heterocycles. The van der Waals surface area contributed by atoms with Crippen LogP contribution < -0.4 is 10.2 Å². The van der Waals surface area contributed by atoms with Crippen molar-refractivity contribution in [1.29, 1.82) is 0 Å². The van der Waals surface area contributed by atoms with Crippen LogP contribution in [-0.2, 0) is 22.2 Å². The Balaban J connectivity index is 1.19. The number of fused-ring (bicyclic) bond motifs is 2. The summed E-state index contributed by atoms with van der Waals surface area (Å²) in [5, 5.41) is 14.3. The van der Waals surface area contributed by atoms with Gasteiger partial charge in [0.15, 0.2) is 0 Å². The number of piperidine rings is 1. The van der Waals surface area contributed by atoms with Crippen molar-refractivity contribution in [1.82, 2.24) is 14.5 Å². The molecule has 1 amide bonds. The molecule has 3 aliphatic rings. The average Bonchev–Trinajstić information content (AvgIpc) is 3.31. The summed E-state index contributed by atoms with van der Waals surface area (Å²) in [6.45, 7) is 3.66. The molecular weight excluding hydrogens is 394 g/mol. The van der Waals surface area contributed by atoms with Gasteiger partial charge in [-0.2, -0.15) is 0 Å². The van der Waals surface area contributed by atoms with Crippen molar-refractivity contribution in [2.75, 3.05) is 43.1 Å². The lowest BCUT2D eigenvalue weighted by molar-refractivity contribution is -0.121. The Morgan fingerprint density at radius 1 is 1.19 bits per heavy atom. The van der Waals surface area contributed by atoms with Gasteiger partial charge in [-0.3, -0.25) is 9.69 Å². The van der Waals surface area contributed by atoms with Crippen molar-refractivity contribution in [2.45, 2.75) is 43.4 Å². The number of anilines is 2. The zero-order valence-electron chi connectivity index (χ0n) is 18.0. The van der Waals surface area contributed by atoms with E-state index in [1.165, 1.54) is 0 Å². The summed E-state index contributed by atoms with van der Waals surface area (Å²) in [6.07, 6.45) is 6.88. The Kier molecular flexibility index (Phi) is 5.45. The molecule has 3 saturated heterocycles. The first-order valence-corrected chi connectivity index (χ1v) is 11.2. The molecule has 2 N–H and O–H groups in total. The number of aliphatic hydroxyl groups is 1. The highest BCUT2D eigenvalue weighted by atomic mass is 16.5. The maximum absolute atomic E-state index is 12.8. The number of nitrogens with zero attached hydrogens (tertiary/aromatic N) is 4. The summed E-state index contributed by atoms with van der Waals surface area (Å²) in [6, 6.07) is 8.45. The van der Waals surface area contributed by atoms with Crippen LogP contribution in [-0.4, -0.2) is 70.4 Å². The highest BCUT2D eigenvalue weighted by molar-refractivity contribution is 5.92. The van der Waals surface area contributed by atoms with Crippen LogP contribution in [0.4, 0.5) is 11.4 Å². The van der Waals surface area contributed by atoms with Crippen molar-refractivity contribution >= 4 is 17.3 Å². The second-order valence-corrected chi connectivity index (χ2v) is 9.05. The lowest BCUT2D eigenvalue weighted by Gasteiger charge is -2.43. The lowest BCUT2D eigenvalue weighted by Crippen LogP contribution is -2.52. The summed E-state index contributed by atoms with van der Waals surface area (Å²) < 4.78 is 7.31. The topological polar surface area (TPSA) is 82.9 Å². The van der Waals surface area contributed by atoms with E-state index in [4.69, 9.17) is 4.74 Å². The molecule has 0 saturated carbocycles. The molecule has 3 aliphatic heterocycles. The van der Waals surface area contributed by atoms with E-state index in [-0.39, 0.29) is 18.0 Å². The molecule has 3 fully saturated rings. The van der Waals surface area contributed by atoms with E-state index in [0.717, 1.165) is 56.3 Å². The molecule has 8 heteroatoms. The molecule has 2 bridgehead atoms. The van der Waals surface area contributed by atoms with Crippen LogP contribution in [0.3, 0.4) is 0 Å². The monoisotopic (exact) mass is 425 g/mol. The molecule has 31 heavy (non-hydrogen) atoms. The van der Waals surface area contributed by atoms with Gasteiger partial charge in [0.2, 0.25) is 5.91 Å². The van der Waals surface area contributed by atoms with E-state index in [9.17, 15) is 9.90 Å². The smallest absolute Gasteiger partial charge is 0.238 e. The molecular formula is C23H31N5O3. The number of carbonyl (C=O) groups excluding carboxylic acids is 1. The van der Waals surface area contributed by atoms with Crippen molar-refractivity contribution < 1.29 is 14.6 Å². The molecule has 3 atom stereocenters. The molecule has 5 rings (SSSR count). The number of carbonyl (C=O) groups is 1. The number of aromatic nitrogens is 2. The average molecular weight is 426 g/mol. The second-order valence-electron chi connectivity index (χ2n) is 9.05. The first kappa shape index (κ1) is 20.5. The number of hydrogen-bond acceptors (Lipinski definition) is 6. The van der Waals surface area contributed by atoms with Crippen LogP contribution in [0.1, 0.15) is 31.5 Å². The Labute approximate surface area is 182 Å². The summed E-state index contributed by atoms with van der Waals surface area (Å²) in [7, 11) is 1.92. The van der Waals surface area contributed by atoms with Gasteiger partial charge in [-0.25, -0.2) is 4.98 Å². The predicted octanol–water partition coefficient (Wildman–Crippen LogP) is 1.71. The fourth-order valence-corrected chi connectivity index (χ4v) is 5.51. The number of benzene rings is 1. The first-order valence-electron chi connectivity index (χ1n) is 11.2. The molecule has 0 aliphatic carbocycles.